The summed E-state index contributed by atoms with van der Waals surface area (Å²) in [6.07, 6.45) is -3.50. The third kappa shape index (κ3) is 5.09. The summed E-state index contributed by atoms with van der Waals surface area (Å²) in [5.41, 5.74) is 6.75. The van der Waals surface area contributed by atoms with E-state index in [9.17, 15) is 22.4 Å². The summed E-state index contributed by atoms with van der Waals surface area (Å²) < 4.78 is 55.2. The summed E-state index contributed by atoms with van der Waals surface area (Å²) in [4.78, 5) is 23.6. The van der Waals surface area contributed by atoms with Gasteiger partial charge in [-0.1, -0.05) is 23.7 Å². The van der Waals surface area contributed by atoms with Crippen LogP contribution in [0.1, 0.15) is 10.4 Å². The van der Waals surface area contributed by atoms with Crippen LogP contribution < -0.4 is 15.8 Å². The Labute approximate surface area is 194 Å². The van der Waals surface area contributed by atoms with E-state index in [0.717, 1.165) is 12.1 Å². The molecule has 2 aromatic heterocycles. The maximum Gasteiger partial charge on any atom is 0.573 e. The Morgan fingerprint density at radius 1 is 1.12 bits per heavy atom. The summed E-state index contributed by atoms with van der Waals surface area (Å²) in [7, 11) is 0. The molecule has 12 heteroatoms. The van der Waals surface area contributed by atoms with Crippen LogP contribution in [-0.2, 0) is 0 Å². The molecule has 1 amide bonds. The second-order valence-electron chi connectivity index (χ2n) is 6.91. The first kappa shape index (κ1) is 23.1. The summed E-state index contributed by atoms with van der Waals surface area (Å²) in [6.45, 7) is 0. The summed E-state index contributed by atoms with van der Waals surface area (Å²) >= 11 is 6.08. The molecule has 4 aromatic rings. The van der Waals surface area contributed by atoms with Gasteiger partial charge in [0.15, 0.2) is 0 Å². The zero-order valence-electron chi connectivity index (χ0n) is 17.0. The molecule has 0 bridgehead atoms. The van der Waals surface area contributed by atoms with Crippen molar-refractivity contribution in [2.45, 2.75) is 6.36 Å². The van der Waals surface area contributed by atoms with Crippen molar-refractivity contribution >= 4 is 29.1 Å². The molecule has 4 N–H and O–H groups in total. The molecular formula is C22H14ClF4N5O2. The van der Waals surface area contributed by atoms with Crippen LogP contribution in [0.4, 0.5) is 29.2 Å². The lowest BCUT2D eigenvalue weighted by Gasteiger charge is -2.10. The van der Waals surface area contributed by atoms with Crippen LogP contribution in [0.3, 0.4) is 0 Å². The smallest absolute Gasteiger partial charge is 0.406 e. The molecule has 2 aromatic carbocycles. The Morgan fingerprint density at radius 2 is 1.88 bits per heavy atom. The molecule has 0 unspecified atom stereocenters. The predicted octanol–water partition coefficient (Wildman–Crippen LogP) is 5.66. The van der Waals surface area contributed by atoms with E-state index in [0.29, 0.717) is 5.56 Å². The van der Waals surface area contributed by atoms with E-state index in [1.54, 1.807) is 6.07 Å². The van der Waals surface area contributed by atoms with Gasteiger partial charge in [-0.25, -0.2) is 14.4 Å². The minimum absolute atomic E-state index is 0.0596. The SMILES string of the molecule is Nc1[nH]c(-c2c(F)cccc2Cl)nc1-c1ccc(NC(=O)c2cccc(OC(F)(F)F)c2)nc1. The Kier molecular flexibility index (Phi) is 6.12. The first-order valence-corrected chi connectivity index (χ1v) is 9.92. The number of amides is 1. The van der Waals surface area contributed by atoms with Gasteiger partial charge in [-0.3, -0.25) is 4.79 Å². The number of carbonyl (C=O) groups is 1. The highest BCUT2D eigenvalue weighted by Crippen LogP contribution is 2.33. The Hall–Kier alpha value is -4.12. The molecule has 0 fully saturated rings. The monoisotopic (exact) mass is 491 g/mol. The van der Waals surface area contributed by atoms with E-state index in [4.69, 9.17) is 17.3 Å². The van der Waals surface area contributed by atoms with Crippen molar-refractivity contribution in [2.75, 3.05) is 11.1 Å². The highest BCUT2D eigenvalue weighted by atomic mass is 35.5. The number of ether oxygens (including phenoxy) is 1. The van der Waals surface area contributed by atoms with E-state index >= 15 is 0 Å². The molecule has 0 aliphatic carbocycles. The number of pyridine rings is 1. The highest BCUT2D eigenvalue weighted by molar-refractivity contribution is 6.33. The Bertz CT molecular complexity index is 1340. The number of H-pyrrole nitrogens is 1. The van der Waals surface area contributed by atoms with E-state index in [2.05, 4.69) is 25.0 Å². The second-order valence-corrected chi connectivity index (χ2v) is 7.31. The van der Waals surface area contributed by atoms with Gasteiger partial charge in [0.2, 0.25) is 0 Å². The average molecular weight is 492 g/mol. The fraction of sp³-hybridized carbons (Fsp3) is 0.0455. The molecule has 7 nitrogen and oxygen atoms in total. The molecule has 174 valence electrons. The molecule has 0 saturated carbocycles. The van der Waals surface area contributed by atoms with Gasteiger partial charge in [0, 0.05) is 17.3 Å². The second kappa shape index (κ2) is 9.02. The van der Waals surface area contributed by atoms with E-state index in [1.807, 2.05) is 0 Å². The molecule has 4 rings (SSSR count). The number of halogens is 5. The number of hydrogen-bond acceptors (Lipinski definition) is 5. The van der Waals surface area contributed by atoms with Crippen LogP contribution in [-0.4, -0.2) is 27.2 Å². The topological polar surface area (TPSA) is 106 Å². The Balaban J connectivity index is 1.52. The van der Waals surface area contributed by atoms with Crippen molar-refractivity contribution in [1.82, 2.24) is 15.0 Å². The predicted molar refractivity (Wildman–Crippen MR) is 118 cm³/mol. The maximum atomic E-state index is 14.2. The lowest BCUT2D eigenvalue weighted by atomic mass is 10.2. The number of carbonyl (C=O) groups excluding carboxylic acids is 1. The summed E-state index contributed by atoms with van der Waals surface area (Å²) in [5.74, 6) is -1.38. The van der Waals surface area contributed by atoms with Crippen LogP contribution >= 0.6 is 11.6 Å². The van der Waals surface area contributed by atoms with Crippen molar-refractivity contribution in [3.8, 4) is 28.4 Å². The minimum Gasteiger partial charge on any atom is -0.406 e. The number of alkyl halides is 3. The number of aromatic nitrogens is 3. The summed E-state index contributed by atoms with van der Waals surface area (Å²) in [6, 6.07) is 11.8. The number of benzene rings is 2. The maximum absolute atomic E-state index is 14.2. The first-order valence-electron chi connectivity index (χ1n) is 9.54. The summed E-state index contributed by atoms with van der Waals surface area (Å²) in [5, 5.41) is 2.63. The fourth-order valence-electron chi connectivity index (χ4n) is 3.08. The molecular weight excluding hydrogens is 478 g/mol. The van der Waals surface area contributed by atoms with Gasteiger partial charge in [-0.15, -0.1) is 13.2 Å². The standard InChI is InChI=1S/C22H14ClF4N5O2/c23-14-5-2-6-15(24)17(14)20-31-18(19(28)32-20)12-7-8-16(29-10-12)30-21(33)11-3-1-4-13(9-11)34-22(25,26)27/h1-10H,28H2,(H,31,32)(H,29,30,33). The Morgan fingerprint density at radius 3 is 2.56 bits per heavy atom. The third-order valence-corrected chi connectivity index (χ3v) is 4.85. The number of nitrogens with two attached hydrogens (primary N) is 1. The largest absolute Gasteiger partial charge is 0.573 e. The van der Waals surface area contributed by atoms with Gasteiger partial charge < -0.3 is 20.8 Å². The number of anilines is 2. The zero-order chi connectivity index (χ0) is 24.5. The lowest BCUT2D eigenvalue weighted by Crippen LogP contribution is -2.18. The first-order chi connectivity index (χ1) is 16.1. The molecule has 0 aliphatic heterocycles. The number of imidazole rings is 1. The van der Waals surface area contributed by atoms with Crippen LogP contribution in [0.25, 0.3) is 22.6 Å². The van der Waals surface area contributed by atoms with Gasteiger partial charge in [-0.2, -0.15) is 0 Å². The number of nitrogen functional groups attached to an aromatic ring is 1. The van der Waals surface area contributed by atoms with Crippen molar-refractivity contribution in [3.63, 3.8) is 0 Å². The van der Waals surface area contributed by atoms with Crippen LogP contribution in [0.5, 0.6) is 5.75 Å². The van der Waals surface area contributed by atoms with Gasteiger partial charge in [0.05, 0.1) is 10.6 Å². The van der Waals surface area contributed by atoms with Crippen LogP contribution in [0.15, 0.2) is 60.8 Å². The molecule has 0 radical (unpaired) electrons. The number of hydrogen-bond donors (Lipinski definition) is 3. The van der Waals surface area contributed by atoms with E-state index in [1.165, 1.54) is 42.6 Å². The molecule has 0 atom stereocenters. The van der Waals surface area contributed by atoms with Crippen molar-refractivity contribution in [2.24, 2.45) is 0 Å². The number of nitrogens with one attached hydrogen (secondary N) is 2. The van der Waals surface area contributed by atoms with Crippen molar-refractivity contribution in [1.29, 1.82) is 0 Å². The third-order valence-electron chi connectivity index (χ3n) is 4.54. The van der Waals surface area contributed by atoms with Crippen molar-refractivity contribution < 1.29 is 27.1 Å². The lowest BCUT2D eigenvalue weighted by molar-refractivity contribution is -0.274. The molecule has 0 spiro atoms. The number of rotatable bonds is 5. The molecule has 0 aliphatic rings. The van der Waals surface area contributed by atoms with Crippen molar-refractivity contribution in [3.05, 3.63) is 77.2 Å². The number of nitrogens with zero attached hydrogens (tertiary/aromatic N) is 2. The van der Waals surface area contributed by atoms with Gasteiger partial charge in [0.25, 0.3) is 5.91 Å². The normalized spacial score (nSPS) is 11.3. The molecule has 2 heterocycles. The highest BCUT2D eigenvalue weighted by Gasteiger charge is 2.31. The minimum atomic E-state index is -4.88. The van der Waals surface area contributed by atoms with Crippen LogP contribution in [0.2, 0.25) is 5.02 Å². The zero-order valence-corrected chi connectivity index (χ0v) is 17.7. The fourth-order valence-corrected chi connectivity index (χ4v) is 3.33. The molecule has 0 saturated heterocycles. The van der Waals surface area contributed by atoms with Gasteiger partial charge in [0.1, 0.15) is 34.7 Å². The number of aromatic amines is 1. The van der Waals surface area contributed by atoms with Gasteiger partial charge in [-0.05, 0) is 42.5 Å². The van der Waals surface area contributed by atoms with E-state index < -0.39 is 23.8 Å². The molecule has 34 heavy (non-hydrogen) atoms. The van der Waals surface area contributed by atoms with E-state index in [-0.39, 0.29) is 39.3 Å². The van der Waals surface area contributed by atoms with Gasteiger partial charge >= 0.3 is 6.36 Å². The van der Waals surface area contributed by atoms with Crippen LogP contribution in [0, 0.1) is 5.82 Å². The average Bonchev–Trinajstić information content (AvgIpc) is 3.14. The quantitative estimate of drug-likeness (QED) is 0.312.